The van der Waals surface area contributed by atoms with Gasteiger partial charge in [0.1, 0.15) is 5.82 Å². The van der Waals surface area contributed by atoms with E-state index in [9.17, 15) is 9.50 Å². The van der Waals surface area contributed by atoms with E-state index in [0.717, 1.165) is 19.3 Å². The molecule has 2 unspecified atom stereocenters. The molecule has 2 rings (SSSR count). The lowest BCUT2D eigenvalue weighted by atomic mass is 10.0. The number of rotatable bonds is 3. The third-order valence-electron chi connectivity index (χ3n) is 3.17. The molecule has 4 N–H and O–H groups in total. The average molecular weight is 224 g/mol. The maximum atomic E-state index is 13.1. The van der Waals surface area contributed by atoms with E-state index in [1.54, 1.807) is 6.07 Å². The largest absolute Gasteiger partial charge is 0.399 e. The number of hydrogen-bond acceptors (Lipinski definition) is 3. The van der Waals surface area contributed by atoms with Gasteiger partial charge in [-0.15, -0.1) is 0 Å². The van der Waals surface area contributed by atoms with Crippen LogP contribution in [0, 0.1) is 11.7 Å². The zero-order chi connectivity index (χ0) is 11.5. The molecule has 2 atom stereocenters. The standard InChI is InChI=1S/C12H17FN2O/c13-9-4-10(14)6-11(5-9)15-12-3-1-2-8(12)7-16/h4-6,8,12,15-16H,1-3,7,14H2. The van der Waals surface area contributed by atoms with E-state index < -0.39 is 0 Å². The highest BCUT2D eigenvalue weighted by Gasteiger charge is 2.26. The van der Waals surface area contributed by atoms with Crippen LogP contribution >= 0.6 is 0 Å². The van der Waals surface area contributed by atoms with E-state index in [1.807, 2.05) is 0 Å². The molecule has 0 spiro atoms. The fraction of sp³-hybridized carbons (Fsp3) is 0.500. The minimum atomic E-state index is -0.332. The highest BCUT2D eigenvalue weighted by Crippen LogP contribution is 2.28. The molecule has 0 bridgehead atoms. The SMILES string of the molecule is Nc1cc(F)cc(NC2CCCC2CO)c1. The molecule has 0 saturated heterocycles. The van der Waals surface area contributed by atoms with Crippen LogP contribution in [0.15, 0.2) is 18.2 Å². The Bertz CT molecular complexity index is 350. The maximum absolute atomic E-state index is 13.1. The Morgan fingerprint density at radius 2 is 2.19 bits per heavy atom. The van der Waals surface area contributed by atoms with Crippen LogP contribution < -0.4 is 11.1 Å². The van der Waals surface area contributed by atoms with Gasteiger partial charge in [-0.2, -0.15) is 0 Å². The lowest BCUT2D eigenvalue weighted by Crippen LogP contribution is -2.26. The molecule has 3 nitrogen and oxygen atoms in total. The zero-order valence-electron chi connectivity index (χ0n) is 9.12. The fourth-order valence-electron chi connectivity index (χ4n) is 2.36. The second-order valence-electron chi connectivity index (χ2n) is 4.40. The number of aliphatic hydroxyl groups is 1. The molecular formula is C12H17FN2O. The van der Waals surface area contributed by atoms with Crippen LogP contribution in [0.1, 0.15) is 19.3 Å². The summed E-state index contributed by atoms with van der Waals surface area (Å²) >= 11 is 0. The van der Waals surface area contributed by atoms with E-state index in [-0.39, 0.29) is 24.4 Å². The van der Waals surface area contributed by atoms with Gasteiger partial charge in [0.05, 0.1) is 0 Å². The van der Waals surface area contributed by atoms with Gasteiger partial charge in [0.15, 0.2) is 0 Å². The maximum Gasteiger partial charge on any atom is 0.127 e. The van der Waals surface area contributed by atoms with E-state index in [4.69, 9.17) is 5.73 Å². The van der Waals surface area contributed by atoms with Crippen molar-refractivity contribution in [2.24, 2.45) is 5.92 Å². The Hall–Kier alpha value is -1.29. The van der Waals surface area contributed by atoms with Gasteiger partial charge in [-0.3, -0.25) is 0 Å². The van der Waals surface area contributed by atoms with E-state index in [0.29, 0.717) is 11.4 Å². The monoisotopic (exact) mass is 224 g/mol. The molecule has 1 fully saturated rings. The Morgan fingerprint density at radius 3 is 2.88 bits per heavy atom. The number of anilines is 2. The summed E-state index contributed by atoms with van der Waals surface area (Å²) in [4.78, 5) is 0. The van der Waals surface area contributed by atoms with Gasteiger partial charge in [0, 0.05) is 29.9 Å². The number of nitrogens with one attached hydrogen (secondary N) is 1. The third kappa shape index (κ3) is 2.44. The average Bonchev–Trinajstić information content (AvgIpc) is 2.63. The molecule has 0 aliphatic heterocycles. The minimum absolute atomic E-state index is 0.183. The first kappa shape index (κ1) is 11.2. The predicted octanol–water partition coefficient (Wildman–Crippen LogP) is 1.98. The molecular weight excluding hydrogens is 207 g/mol. The van der Waals surface area contributed by atoms with Crippen molar-refractivity contribution in [3.05, 3.63) is 24.0 Å². The van der Waals surface area contributed by atoms with E-state index >= 15 is 0 Å². The van der Waals surface area contributed by atoms with E-state index in [1.165, 1.54) is 12.1 Å². The molecule has 88 valence electrons. The summed E-state index contributed by atoms with van der Waals surface area (Å²) in [5.74, 6) is -0.0643. The number of nitrogen functional groups attached to an aromatic ring is 1. The molecule has 16 heavy (non-hydrogen) atoms. The molecule has 1 saturated carbocycles. The molecule has 0 aromatic heterocycles. The Balaban J connectivity index is 2.08. The van der Waals surface area contributed by atoms with Crippen LogP contribution in [0.2, 0.25) is 0 Å². The first-order valence-electron chi connectivity index (χ1n) is 5.62. The van der Waals surface area contributed by atoms with Crippen molar-refractivity contribution in [1.29, 1.82) is 0 Å². The molecule has 0 radical (unpaired) electrons. The second-order valence-corrected chi connectivity index (χ2v) is 4.40. The van der Waals surface area contributed by atoms with Crippen molar-refractivity contribution in [2.45, 2.75) is 25.3 Å². The lowest BCUT2D eigenvalue weighted by molar-refractivity contribution is 0.222. The van der Waals surface area contributed by atoms with Gasteiger partial charge < -0.3 is 16.2 Å². The zero-order valence-corrected chi connectivity index (χ0v) is 9.12. The first-order valence-corrected chi connectivity index (χ1v) is 5.62. The highest BCUT2D eigenvalue weighted by atomic mass is 19.1. The normalized spacial score (nSPS) is 24.6. The Morgan fingerprint density at radius 1 is 1.38 bits per heavy atom. The van der Waals surface area contributed by atoms with Gasteiger partial charge >= 0.3 is 0 Å². The lowest BCUT2D eigenvalue weighted by Gasteiger charge is -2.20. The molecule has 1 aromatic rings. The number of aliphatic hydroxyl groups excluding tert-OH is 1. The minimum Gasteiger partial charge on any atom is -0.399 e. The van der Waals surface area contributed by atoms with Gasteiger partial charge in [0.25, 0.3) is 0 Å². The molecule has 1 aliphatic rings. The van der Waals surface area contributed by atoms with Gasteiger partial charge in [-0.05, 0) is 31.0 Å². The van der Waals surface area contributed by atoms with Crippen LogP contribution in [0.5, 0.6) is 0 Å². The van der Waals surface area contributed by atoms with Crippen LogP contribution in [0.4, 0.5) is 15.8 Å². The van der Waals surface area contributed by atoms with Crippen LogP contribution in [0.3, 0.4) is 0 Å². The van der Waals surface area contributed by atoms with Gasteiger partial charge in [-0.25, -0.2) is 4.39 Å². The van der Waals surface area contributed by atoms with Crippen molar-refractivity contribution in [3.8, 4) is 0 Å². The van der Waals surface area contributed by atoms with E-state index in [2.05, 4.69) is 5.32 Å². The van der Waals surface area contributed by atoms with Crippen molar-refractivity contribution in [1.82, 2.24) is 0 Å². The van der Waals surface area contributed by atoms with Gasteiger partial charge in [0.2, 0.25) is 0 Å². The van der Waals surface area contributed by atoms with Crippen molar-refractivity contribution >= 4 is 11.4 Å². The molecule has 1 aromatic carbocycles. The summed E-state index contributed by atoms with van der Waals surface area (Å²) in [5, 5.41) is 12.4. The topological polar surface area (TPSA) is 58.3 Å². The third-order valence-corrected chi connectivity index (χ3v) is 3.17. The quantitative estimate of drug-likeness (QED) is 0.688. The summed E-state index contributed by atoms with van der Waals surface area (Å²) in [6, 6.07) is 4.67. The van der Waals surface area contributed by atoms with Crippen LogP contribution in [0.25, 0.3) is 0 Å². The first-order chi connectivity index (χ1) is 7.69. The summed E-state index contributed by atoms with van der Waals surface area (Å²) in [7, 11) is 0. The van der Waals surface area contributed by atoms with Gasteiger partial charge in [-0.1, -0.05) is 6.42 Å². The summed E-state index contributed by atoms with van der Waals surface area (Å²) in [5.41, 5.74) is 6.69. The van der Waals surface area contributed by atoms with Crippen molar-refractivity contribution in [3.63, 3.8) is 0 Å². The van der Waals surface area contributed by atoms with Crippen LogP contribution in [-0.2, 0) is 0 Å². The summed E-state index contributed by atoms with van der Waals surface area (Å²) in [6.45, 7) is 0.183. The summed E-state index contributed by atoms with van der Waals surface area (Å²) in [6.07, 6.45) is 3.15. The van der Waals surface area contributed by atoms with Crippen molar-refractivity contribution in [2.75, 3.05) is 17.7 Å². The Kier molecular flexibility index (Phi) is 3.29. The predicted molar refractivity (Wildman–Crippen MR) is 62.6 cm³/mol. The Labute approximate surface area is 94.5 Å². The number of nitrogens with two attached hydrogens (primary N) is 1. The molecule has 0 heterocycles. The van der Waals surface area contributed by atoms with Crippen molar-refractivity contribution < 1.29 is 9.50 Å². The summed E-state index contributed by atoms with van der Waals surface area (Å²) < 4.78 is 13.1. The molecule has 0 amide bonds. The van der Waals surface area contributed by atoms with Crippen LogP contribution in [-0.4, -0.2) is 17.8 Å². The number of hydrogen-bond donors (Lipinski definition) is 3. The number of benzene rings is 1. The smallest absolute Gasteiger partial charge is 0.127 e. The molecule has 4 heteroatoms. The second kappa shape index (κ2) is 4.70. The number of halogens is 1. The highest BCUT2D eigenvalue weighted by molar-refractivity contribution is 5.55. The molecule has 1 aliphatic carbocycles. The fourth-order valence-corrected chi connectivity index (χ4v) is 2.36.